The highest BCUT2D eigenvalue weighted by Gasteiger charge is 2.25. The van der Waals surface area contributed by atoms with Crippen LogP contribution in [0.5, 0.6) is 0 Å². The zero-order valence-electron chi connectivity index (χ0n) is 10.9. The zero-order chi connectivity index (χ0) is 15.3. The first-order valence-corrected chi connectivity index (χ1v) is 6.88. The Balaban J connectivity index is 2.66. The number of amides is 1. The second-order valence-corrected chi connectivity index (χ2v) is 5.35. The van der Waals surface area contributed by atoms with Crippen LogP contribution in [0.4, 0.5) is 8.78 Å². The van der Waals surface area contributed by atoms with Crippen LogP contribution >= 0.6 is 11.8 Å². The van der Waals surface area contributed by atoms with Gasteiger partial charge in [-0.25, -0.2) is 4.79 Å². The van der Waals surface area contributed by atoms with E-state index in [1.165, 1.54) is 12.1 Å². The molecule has 0 aliphatic carbocycles. The summed E-state index contributed by atoms with van der Waals surface area (Å²) in [5.74, 6) is -4.56. The first kappa shape index (κ1) is 16.5. The van der Waals surface area contributed by atoms with Crippen molar-refractivity contribution in [2.45, 2.75) is 31.4 Å². The van der Waals surface area contributed by atoms with Crippen molar-refractivity contribution in [2.24, 2.45) is 5.92 Å². The van der Waals surface area contributed by atoms with Gasteiger partial charge in [0.25, 0.3) is 11.7 Å². The van der Waals surface area contributed by atoms with Gasteiger partial charge in [0.1, 0.15) is 11.8 Å². The first-order valence-electron chi connectivity index (χ1n) is 5.83. The van der Waals surface area contributed by atoms with Gasteiger partial charge in [-0.2, -0.15) is 8.78 Å². The lowest BCUT2D eigenvalue weighted by Crippen LogP contribution is -2.44. The molecule has 0 bridgehead atoms. The molecule has 1 atom stereocenters. The number of carbonyl (C=O) groups is 2. The Kier molecular flexibility index (Phi) is 6.00. The molecule has 8 heteroatoms. The highest BCUT2D eigenvalue weighted by Crippen LogP contribution is 2.21. The van der Waals surface area contributed by atoms with Crippen LogP contribution in [0.2, 0.25) is 0 Å². The number of halogens is 2. The van der Waals surface area contributed by atoms with Crippen molar-refractivity contribution in [1.82, 2.24) is 5.32 Å². The lowest BCUT2D eigenvalue weighted by molar-refractivity contribution is -0.140. The van der Waals surface area contributed by atoms with Crippen LogP contribution < -0.4 is 5.32 Å². The van der Waals surface area contributed by atoms with E-state index in [-0.39, 0.29) is 23.2 Å². The van der Waals surface area contributed by atoms with E-state index < -0.39 is 23.7 Å². The minimum atomic E-state index is -2.52. The fraction of sp³-hybridized carbons (Fsp3) is 0.500. The van der Waals surface area contributed by atoms with Gasteiger partial charge in [0.2, 0.25) is 0 Å². The summed E-state index contributed by atoms with van der Waals surface area (Å²) in [5.41, 5.74) is 0. The second kappa shape index (κ2) is 7.28. The zero-order valence-corrected chi connectivity index (χ0v) is 11.7. The van der Waals surface area contributed by atoms with Gasteiger partial charge in [-0.05, 0) is 18.1 Å². The molecule has 112 valence electrons. The van der Waals surface area contributed by atoms with Crippen molar-refractivity contribution in [3.63, 3.8) is 0 Å². The Morgan fingerprint density at radius 2 is 2.05 bits per heavy atom. The molecular formula is C12H15F2NO4S. The topological polar surface area (TPSA) is 79.5 Å². The third kappa shape index (κ3) is 4.84. The Bertz CT molecular complexity index is 476. The number of carboxylic acid groups (broad SMARTS) is 1. The molecule has 1 aromatic heterocycles. The van der Waals surface area contributed by atoms with E-state index in [9.17, 15) is 18.4 Å². The monoisotopic (exact) mass is 307 g/mol. The summed E-state index contributed by atoms with van der Waals surface area (Å²) in [5, 5.41) is 11.3. The summed E-state index contributed by atoms with van der Waals surface area (Å²) in [6.45, 7) is 3.32. The van der Waals surface area contributed by atoms with E-state index >= 15 is 0 Å². The maximum absolute atomic E-state index is 12.0. The summed E-state index contributed by atoms with van der Waals surface area (Å²) in [6.07, 6.45) is 0. The Morgan fingerprint density at radius 3 is 2.55 bits per heavy atom. The molecule has 1 rings (SSSR count). The predicted molar refractivity (Wildman–Crippen MR) is 69.7 cm³/mol. The molecule has 0 spiro atoms. The highest BCUT2D eigenvalue weighted by molar-refractivity contribution is 7.98. The van der Waals surface area contributed by atoms with Gasteiger partial charge < -0.3 is 14.8 Å². The van der Waals surface area contributed by atoms with Crippen LogP contribution in [-0.4, -0.2) is 28.8 Å². The maximum atomic E-state index is 12.0. The van der Waals surface area contributed by atoms with Crippen molar-refractivity contribution in [1.29, 1.82) is 0 Å². The van der Waals surface area contributed by atoms with Gasteiger partial charge in [0, 0.05) is 0 Å². The highest BCUT2D eigenvalue weighted by atomic mass is 32.2. The van der Waals surface area contributed by atoms with Crippen LogP contribution in [0.1, 0.15) is 30.2 Å². The van der Waals surface area contributed by atoms with E-state index in [1.54, 1.807) is 13.8 Å². The number of carboxylic acids is 1. The lowest BCUT2D eigenvalue weighted by Gasteiger charge is -2.16. The molecule has 0 unspecified atom stereocenters. The number of furan rings is 1. The number of thioether (sulfide) groups is 1. The van der Waals surface area contributed by atoms with E-state index in [1.807, 2.05) is 0 Å². The summed E-state index contributed by atoms with van der Waals surface area (Å²) in [6, 6.07) is 1.71. The van der Waals surface area contributed by atoms with E-state index in [4.69, 9.17) is 9.52 Å². The molecule has 1 heterocycles. The summed E-state index contributed by atoms with van der Waals surface area (Å²) >= 11 is 0.380. The molecule has 1 amide bonds. The van der Waals surface area contributed by atoms with Gasteiger partial charge in [0.05, 0.1) is 5.75 Å². The largest absolute Gasteiger partial charge is 0.480 e. The molecule has 2 N–H and O–H groups in total. The van der Waals surface area contributed by atoms with E-state index in [2.05, 4.69) is 5.32 Å². The van der Waals surface area contributed by atoms with Crippen molar-refractivity contribution < 1.29 is 27.9 Å². The quantitative estimate of drug-likeness (QED) is 0.809. The molecule has 1 aromatic rings. The van der Waals surface area contributed by atoms with Gasteiger partial charge in [-0.1, -0.05) is 25.6 Å². The molecular weight excluding hydrogens is 292 g/mol. The van der Waals surface area contributed by atoms with Crippen LogP contribution in [-0.2, 0) is 10.5 Å². The van der Waals surface area contributed by atoms with Crippen molar-refractivity contribution >= 4 is 23.6 Å². The molecule has 0 aliphatic rings. The summed E-state index contributed by atoms with van der Waals surface area (Å²) < 4.78 is 29.1. The summed E-state index contributed by atoms with van der Waals surface area (Å²) in [7, 11) is 0. The fourth-order valence-corrected chi connectivity index (χ4v) is 1.89. The van der Waals surface area contributed by atoms with Crippen LogP contribution in [0.3, 0.4) is 0 Å². The van der Waals surface area contributed by atoms with Gasteiger partial charge in [-0.15, -0.1) is 0 Å². The molecule has 0 saturated heterocycles. The third-order valence-corrected chi connectivity index (χ3v) is 3.16. The maximum Gasteiger partial charge on any atom is 0.326 e. The number of rotatable bonds is 7. The molecule has 0 saturated carbocycles. The smallest absolute Gasteiger partial charge is 0.326 e. The lowest BCUT2D eigenvalue weighted by atomic mass is 10.0. The van der Waals surface area contributed by atoms with Gasteiger partial charge in [-0.3, -0.25) is 4.79 Å². The predicted octanol–water partition coefficient (Wildman–Crippen LogP) is 2.57. The second-order valence-electron chi connectivity index (χ2n) is 4.37. The van der Waals surface area contributed by atoms with E-state index in [0.29, 0.717) is 11.8 Å². The number of hydrogen-bond donors (Lipinski definition) is 2. The van der Waals surface area contributed by atoms with Crippen LogP contribution in [0.25, 0.3) is 0 Å². The molecule has 20 heavy (non-hydrogen) atoms. The minimum absolute atomic E-state index is 0.0580. The molecule has 5 nitrogen and oxygen atoms in total. The Labute approximate surface area is 118 Å². The number of nitrogens with one attached hydrogen (secondary N) is 1. The van der Waals surface area contributed by atoms with Gasteiger partial charge in [0.15, 0.2) is 5.76 Å². The average molecular weight is 307 g/mol. The number of alkyl halides is 2. The Morgan fingerprint density at radius 1 is 1.40 bits per heavy atom. The molecule has 0 fully saturated rings. The van der Waals surface area contributed by atoms with Crippen LogP contribution in [0.15, 0.2) is 16.5 Å². The number of aliphatic carboxylic acids is 1. The van der Waals surface area contributed by atoms with Crippen molar-refractivity contribution in [3.8, 4) is 0 Å². The normalized spacial score (nSPS) is 12.7. The number of hydrogen-bond acceptors (Lipinski definition) is 4. The first-order chi connectivity index (χ1) is 9.31. The number of carbonyl (C=O) groups excluding carboxylic acids is 1. The average Bonchev–Trinajstić information content (AvgIpc) is 2.81. The molecule has 0 aromatic carbocycles. The van der Waals surface area contributed by atoms with Crippen molar-refractivity contribution in [3.05, 3.63) is 23.7 Å². The fourth-order valence-electron chi connectivity index (χ4n) is 1.45. The molecule has 0 aliphatic heterocycles. The van der Waals surface area contributed by atoms with E-state index in [0.717, 1.165) is 0 Å². The standard InChI is InChI=1S/C12H15F2NO4S/c1-6(2)9(11(17)18)15-10(16)8-4-3-7(19-8)5-20-12(13)14/h3-4,6,9,12H,5H2,1-2H3,(H,15,16)(H,17,18)/t9-/m0/s1. The SMILES string of the molecule is CC(C)[C@H](NC(=O)c1ccc(CSC(F)F)o1)C(=O)O. The third-order valence-electron chi connectivity index (χ3n) is 2.46. The van der Waals surface area contributed by atoms with Crippen LogP contribution in [0, 0.1) is 5.92 Å². The summed E-state index contributed by atoms with van der Waals surface area (Å²) in [4.78, 5) is 22.8. The Hall–Kier alpha value is -1.57. The minimum Gasteiger partial charge on any atom is -0.480 e. The van der Waals surface area contributed by atoms with Gasteiger partial charge >= 0.3 is 5.97 Å². The molecule has 0 radical (unpaired) electrons. The van der Waals surface area contributed by atoms with Crippen molar-refractivity contribution in [2.75, 3.05) is 0 Å².